The van der Waals surface area contributed by atoms with Gasteiger partial charge in [-0.25, -0.2) is 5.53 Å². The summed E-state index contributed by atoms with van der Waals surface area (Å²) in [7, 11) is 0. The Morgan fingerprint density at radius 3 is 2.81 bits per heavy atom. The molecule has 2 rings (SSSR count). The van der Waals surface area contributed by atoms with Crippen molar-refractivity contribution in [1.29, 1.82) is 0 Å². The van der Waals surface area contributed by atoms with Crippen molar-refractivity contribution in [2.45, 2.75) is 33.4 Å². The molecule has 1 aliphatic rings. The average Bonchev–Trinajstić information content (AvgIpc) is 2.83. The fraction of sp³-hybridized carbons (Fsp3) is 0.556. The summed E-state index contributed by atoms with van der Waals surface area (Å²) in [5.41, 5.74) is 6.72. The molecule has 0 radical (unpaired) electrons. The maximum atomic E-state index is 4.28. The molecule has 0 fully saturated rings. The summed E-state index contributed by atoms with van der Waals surface area (Å²) >= 11 is 3.54. The smallest absolute Gasteiger partial charge is 0.177 e. The summed E-state index contributed by atoms with van der Waals surface area (Å²) in [4.78, 5) is 0. The molecule has 0 aliphatic carbocycles. The number of halogens is 1. The molecule has 6 nitrogen and oxygen atoms in total. The van der Waals surface area contributed by atoms with E-state index in [9.17, 15) is 0 Å². The van der Waals surface area contributed by atoms with E-state index in [0.717, 1.165) is 22.5 Å². The summed E-state index contributed by atoms with van der Waals surface area (Å²) in [6.07, 6.45) is 1.82. The van der Waals surface area contributed by atoms with Crippen molar-refractivity contribution in [3.05, 3.63) is 16.4 Å². The largest absolute Gasteiger partial charge is 0.268 e. The van der Waals surface area contributed by atoms with Crippen LogP contribution in [0.2, 0.25) is 0 Å². The van der Waals surface area contributed by atoms with Crippen LogP contribution in [0.1, 0.15) is 26.3 Å². The monoisotopic (exact) mass is 286 g/mol. The molecule has 0 aromatic carbocycles. The van der Waals surface area contributed by atoms with Gasteiger partial charge in [0.25, 0.3) is 0 Å². The number of aromatic nitrogens is 2. The molecule has 0 amide bonds. The molecule has 7 heteroatoms. The molecule has 0 saturated heterocycles. The van der Waals surface area contributed by atoms with Gasteiger partial charge in [0.1, 0.15) is 4.60 Å². The molecule has 1 aliphatic heterocycles. The number of hydrazine groups is 2. The standard InChI is InChI=1S/C9H15BrN6/c1-4-15-8(10)7(5-11-15)9-12-13-14-16(9)6(2)3/h5-6,13-14H,4H2,1-3H3. The molecule has 0 spiro atoms. The molecule has 16 heavy (non-hydrogen) atoms. The van der Waals surface area contributed by atoms with Crippen molar-refractivity contribution in [2.75, 3.05) is 0 Å². The van der Waals surface area contributed by atoms with Gasteiger partial charge < -0.3 is 0 Å². The van der Waals surface area contributed by atoms with Crippen LogP contribution in [0.3, 0.4) is 0 Å². The van der Waals surface area contributed by atoms with E-state index in [-0.39, 0.29) is 0 Å². The number of aryl methyl sites for hydroxylation is 1. The zero-order valence-corrected chi connectivity index (χ0v) is 11.1. The SMILES string of the molecule is CCn1ncc(C2=NNNN2C(C)C)c1Br. The van der Waals surface area contributed by atoms with Crippen molar-refractivity contribution in [3.8, 4) is 0 Å². The van der Waals surface area contributed by atoms with E-state index >= 15 is 0 Å². The predicted molar refractivity (Wildman–Crippen MR) is 65.4 cm³/mol. The first-order valence-electron chi connectivity index (χ1n) is 5.24. The van der Waals surface area contributed by atoms with Crippen molar-refractivity contribution in [2.24, 2.45) is 5.10 Å². The maximum absolute atomic E-state index is 4.28. The van der Waals surface area contributed by atoms with Crippen LogP contribution in [0.25, 0.3) is 0 Å². The molecular formula is C9H15BrN6. The molecule has 2 heterocycles. The summed E-state index contributed by atoms with van der Waals surface area (Å²) in [6, 6.07) is 0.311. The van der Waals surface area contributed by atoms with Crippen molar-refractivity contribution < 1.29 is 0 Å². The van der Waals surface area contributed by atoms with Gasteiger partial charge in [-0.15, -0.1) is 10.6 Å². The normalized spacial score (nSPS) is 15.6. The number of nitrogens with one attached hydrogen (secondary N) is 2. The highest BCUT2D eigenvalue weighted by atomic mass is 79.9. The third kappa shape index (κ3) is 1.80. The molecule has 0 atom stereocenters. The maximum Gasteiger partial charge on any atom is 0.177 e. The molecule has 1 aromatic rings. The number of hydrogen-bond donors (Lipinski definition) is 2. The summed E-state index contributed by atoms with van der Waals surface area (Å²) in [5.74, 6) is 0.849. The Morgan fingerprint density at radius 1 is 1.50 bits per heavy atom. The lowest BCUT2D eigenvalue weighted by Gasteiger charge is -2.22. The van der Waals surface area contributed by atoms with E-state index in [1.165, 1.54) is 0 Å². The number of hydrazone groups is 1. The minimum absolute atomic E-state index is 0.311. The van der Waals surface area contributed by atoms with Gasteiger partial charge in [-0.05, 0) is 36.7 Å². The summed E-state index contributed by atoms with van der Waals surface area (Å²) in [5, 5.41) is 10.5. The van der Waals surface area contributed by atoms with Crippen LogP contribution in [0, 0.1) is 0 Å². The number of nitrogens with zero attached hydrogens (tertiary/aromatic N) is 4. The Kier molecular flexibility index (Phi) is 3.15. The molecule has 88 valence electrons. The number of hydrogen-bond acceptors (Lipinski definition) is 5. The summed E-state index contributed by atoms with van der Waals surface area (Å²) < 4.78 is 2.83. The molecule has 0 unspecified atom stereocenters. The minimum atomic E-state index is 0.311. The van der Waals surface area contributed by atoms with Gasteiger partial charge in [0.15, 0.2) is 5.84 Å². The van der Waals surface area contributed by atoms with E-state index in [0.29, 0.717) is 6.04 Å². The van der Waals surface area contributed by atoms with Crippen LogP contribution in [-0.2, 0) is 6.54 Å². The third-order valence-electron chi connectivity index (χ3n) is 2.39. The van der Waals surface area contributed by atoms with Crippen molar-refractivity contribution in [1.82, 2.24) is 25.9 Å². The first-order chi connectivity index (χ1) is 7.65. The Morgan fingerprint density at radius 2 is 2.25 bits per heavy atom. The minimum Gasteiger partial charge on any atom is -0.268 e. The lowest BCUT2D eigenvalue weighted by Crippen LogP contribution is -2.45. The first-order valence-corrected chi connectivity index (χ1v) is 6.03. The van der Waals surface area contributed by atoms with E-state index < -0.39 is 0 Å². The lowest BCUT2D eigenvalue weighted by atomic mass is 10.3. The number of amidine groups is 1. The highest BCUT2D eigenvalue weighted by Gasteiger charge is 2.25. The Balaban J connectivity index is 2.33. The number of rotatable bonds is 3. The van der Waals surface area contributed by atoms with Gasteiger partial charge in [-0.3, -0.25) is 9.69 Å². The van der Waals surface area contributed by atoms with Crippen LogP contribution < -0.4 is 11.1 Å². The zero-order valence-electron chi connectivity index (χ0n) is 9.53. The first kappa shape index (κ1) is 11.4. The Labute approximate surface area is 103 Å². The van der Waals surface area contributed by atoms with Crippen LogP contribution >= 0.6 is 15.9 Å². The second-order valence-electron chi connectivity index (χ2n) is 3.79. The molecule has 0 bridgehead atoms. The van der Waals surface area contributed by atoms with Crippen LogP contribution in [0.5, 0.6) is 0 Å². The second kappa shape index (κ2) is 4.42. The fourth-order valence-corrected chi connectivity index (χ4v) is 2.17. The van der Waals surface area contributed by atoms with Crippen molar-refractivity contribution >= 4 is 21.8 Å². The van der Waals surface area contributed by atoms with Gasteiger partial charge >= 0.3 is 0 Å². The van der Waals surface area contributed by atoms with Crippen molar-refractivity contribution in [3.63, 3.8) is 0 Å². The zero-order chi connectivity index (χ0) is 11.7. The van der Waals surface area contributed by atoms with Gasteiger partial charge in [0, 0.05) is 12.6 Å². The van der Waals surface area contributed by atoms with E-state index in [1.807, 2.05) is 15.9 Å². The van der Waals surface area contributed by atoms with Crippen LogP contribution in [0.15, 0.2) is 15.9 Å². The van der Waals surface area contributed by atoms with Gasteiger partial charge in [-0.2, -0.15) is 5.10 Å². The Hall–Kier alpha value is -1.08. The van der Waals surface area contributed by atoms with E-state index in [1.54, 1.807) is 0 Å². The average molecular weight is 287 g/mol. The van der Waals surface area contributed by atoms with E-state index in [4.69, 9.17) is 0 Å². The quantitative estimate of drug-likeness (QED) is 0.873. The van der Waals surface area contributed by atoms with E-state index in [2.05, 4.69) is 58.0 Å². The predicted octanol–water partition coefficient (Wildman–Crippen LogP) is 1.06. The molecule has 2 N–H and O–H groups in total. The second-order valence-corrected chi connectivity index (χ2v) is 4.54. The highest BCUT2D eigenvalue weighted by Crippen LogP contribution is 2.20. The lowest BCUT2D eigenvalue weighted by molar-refractivity contribution is 0.246. The fourth-order valence-electron chi connectivity index (χ4n) is 1.54. The van der Waals surface area contributed by atoms with Crippen LogP contribution in [-0.4, -0.2) is 26.7 Å². The summed E-state index contributed by atoms with van der Waals surface area (Å²) in [6.45, 7) is 7.06. The topological polar surface area (TPSA) is 57.5 Å². The van der Waals surface area contributed by atoms with Gasteiger partial charge in [0.2, 0.25) is 0 Å². The van der Waals surface area contributed by atoms with Gasteiger partial charge in [-0.1, -0.05) is 0 Å². The Bertz CT molecular complexity index is 410. The molecule has 0 saturated carbocycles. The third-order valence-corrected chi connectivity index (χ3v) is 3.23. The molecular weight excluding hydrogens is 272 g/mol. The van der Waals surface area contributed by atoms with Gasteiger partial charge in [0.05, 0.1) is 11.8 Å². The highest BCUT2D eigenvalue weighted by molar-refractivity contribution is 9.10. The van der Waals surface area contributed by atoms with Crippen LogP contribution in [0.4, 0.5) is 0 Å². The molecule has 1 aromatic heterocycles.